The third-order valence-electron chi connectivity index (χ3n) is 5.94. The molecule has 32 heavy (non-hydrogen) atoms. The van der Waals surface area contributed by atoms with Crippen molar-refractivity contribution >= 4 is 23.0 Å². The van der Waals surface area contributed by atoms with E-state index < -0.39 is 5.92 Å². The molecule has 0 aromatic carbocycles. The summed E-state index contributed by atoms with van der Waals surface area (Å²) in [6.45, 7) is 1.42. The standard InChI is InChI=1S/C21H23N7O4/c1-26-18(29)10-16(19(26)14-4-2-6-22-11-14)21(30)27-8-9-31-15(12-27)13-32-28-20-17(24-25-28)5-3-7-23-20/h2-7,11,15-16,19H,8-10,12-13H2,1H3/t15?,16-,19+/m1/s1. The number of likely N-dealkylation sites (tertiary alicyclic amines) is 1. The van der Waals surface area contributed by atoms with E-state index >= 15 is 0 Å². The van der Waals surface area contributed by atoms with Crippen LogP contribution in [0.2, 0.25) is 0 Å². The second kappa shape index (κ2) is 8.50. The van der Waals surface area contributed by atoms with Gasteiger partial charge >= 0.3 is 0 Å². The minimum Gasteiger partial charge on any atom is -0.391 e. The maximum atomic E-state index is 13.4. The molecule has 0 saturated carbocycles. The summed E-state index contributed by atoms with van der Waals surface area (Å²) in [5, 5.41) is 7.96. The predicted octanol–water partition coefficient (Wildman–Crippen LogP) is 0.0969. The zero-order valence-corrected chi connectivity index (χ0v) is 17.6. The lowest BCUT2D eigenvalue weighted by Gasteiger charge is -2.35. The molecule has 2 amide bonds. The fourth-order valence-electron chi connectivity index (χ4n) is 4.34. The lowest BCUT2D eigenvalue weighted by Crippen LogP contribution is -2.50. The summed E-state index contributed by atoms with van der Waals surface area (Å²) in [6.07, 6.45) is 4.89. The first kappa shape index (κ1) is 20.3. The number of nitrogens with zero attached hydrogens (tertiary/aromatic N) is 7. The van der Waals surface area contributed by atoms with Gasteiger partial charge in [0.1, 0.15) is 18.2 Å². The van der Waals surface area contributed by atoms with Crippen LogP contribution in [-0.4, -0.2) is 86.2 Å². The Morgan fingerprint density at radius 1 is 1.28 bits per heavy atom. The number of ether oxygens (including phenoxy) is 1. The van der Waals surface area contributed by atoms with Crippen molar-refractivity contribution in [1.82, 2.24) is 34.9 Å². The zero-order chi connectivity index (χ0) is 22.1. The Kier molecular flexibility index (Phi) is 5.39. The number of hydrogen-bond donors (Lipinski definition) is 0. The number of aromatic nitrogens is 5. The van der Waals surface area contributed by atoms with E-state index in [1.165, 1.54) is 4.85 Å². The first-order valence-electron chi connectivity index (χ1n) is 10.5. The Bertz CT molecular complexity index is 1120. The van der Waals surface area contributed by atoms with E-state index in [1.54, 1.807) is 47.6 Å². The molecule has 11 nitrogen and oxygen atoms in total. The van der Waals surface area contributed by atoms with Crippen molar-refractivity contribution in [2.45, 2.75) is 18.6 Å². The molecule has 166 valence electrons. The van der Waals surface area contributed by atoms with Crippen LogP contribution in [0.5, 0.6) is 0 Å². The highest BCUT2D eigenvalue weighted by atomic mass is 16.7. The molecule has 0 N–H and O–H groups in total. The van der Waals surface area contributed by atoms with Crippen molar-refractivity contribution in [2.24, 2.45) is 5.92 Å². The number of carbonyl (C=O) groups excluding carboxylic acids is 2. The van der Waals surface area contributed by atoms with Crippen LogP contribution in [-0.2, 0) is 14.3 Å². The Labute approximate surface area is 183 Å². The van der Waals surface area contributed by atoms with Crippen molar-refractivity contribution in [3.05, 3.63) is 48.4 Å². The molecule has 11 heteroatoms. The average molecular weight is 437 g/mol. The first-order valence-corrected chi connectivity index (χ1v) is 10.5. The molecule has 0 bridgehead atoms. The maximum Gasteiger partial charge on any atom is 0.228 e. The molecule has 5 rings (SSSR count). The summed E-state index contributed by atoms with van der Waals surface area (Å²) in [7, 11) is 1.74. The number of morpholine rings is 1. The number of pyridine rings is 2. The van der Waals surface area contributed by atoms with Gasteiger partial charge in [-0.25, -0.2) is 4.98 Å². The normalized spacial score (nSPS) is 23.7. The monoisotopic (exact) mass is 437 g/mol. The number of carbonyl (C=O) groups is 2. The van der Waals surface area contributed by atoms with Gasteiger partial charge in [0, 0.05) is 38.6 Å². The molecule has 3 aromatic rings. The number of rotatable bonds is 5. The molecule has 3 aromatic heterocycles. The van der Waals surface area contributed by atoms with Crippen molar-refractivity contribution in [1.29, 1.82) is 0 Å². The summed E-state index contributed by atoms with van der Waals surface area (Å²) in [5.41, 5.74) is 2.01. The molecular formula is C21H23N7O4. The van der Waals surface area contributed by atoms with E-state index in [2.05, 4.69) is 20.3 Å². The van der Waals surface area contributed by atoms with Gasteiger partial charge in [0.05, 0.1) is 25.1 Å². The van der Waals surface area contributed by atoms with Gasteiger partial charge in [-0.3, -0.25) is 14.6 Å². The summed E-state index contributed by atoms with van der Waals surface area (Å²) >= 11 is 0. The van der Waals surface area contributed by atoms with E-state index in [0.29, 0.717) is 30.9 Å². The summed E-state index contributed by atoms with van der Waals surface area (Å²) in [5.74, 6) is -0.562. The second-order valence-corrected chi connectivity index (χ2v) is 7.93. The molecule has 1 unspecified atom stereocenters. The molecule has 0 spiro atoms. The fraction of sp³-hybridized carbons (Fsp3) is 0.429. The van der Waals surface area contributed by atoms with Crippen LogP contribution in [0.1, 0.15) is 18.0 Å². The van der Waals surface area contributed by atoms with Crippen LogP contribution < -0.4 is 4.84 Å². The van der Waals surface area contributed by atoms with Crippen molar-refractivity contribution in [3.63, 3.8) is 0 Å². The minimum absolute atomic E-state index is 0.0455. The van der Waals surface area contributed by atoms with Crippen LogP contribution in [0.25, 0.3) is 11.2 Å². The van der Waals surface area contributed by atoms with E-state index in [0.717, 1.165) is 5.56 Å². The van der Waals surface area contributed by atoms with Crippen LogP contribution in [0.3, 0.4) is 0 Å². The number of fused-ring (bicyclic) bond motifs is 1. The van der Waals surface area contributed by atoms with E-state index in [4.69, 9.17) is 9.57 Å². The fourth-order valence-corrected chi connectivity index (χ4v) is 4.34. The summed E-state index contributed by atoms with van der Waals surface area (Å²) in [4.78, 5) is 44.6. The maximum absolute atomic E-state index is 13.4. The van der Waals surface area contributed by atoms with Crippen LogP contribution in [0, 0.1) is 5.92 Å². The molecule has 3 atom stereocenters. The molecule has 2 aliphatic heterocycles. The second-order valence-electron chi connectivity index (χ2n) is 7.93. The lowest BCUT2D eigenvalue weighted by atomic mass is 9.93. The lowest BCUT2D eigenvalue weighted by molar-refractivity contribution is -0.146. The van der Waals surface area contributed by atoms with Gasteiger partial charge in [0.15, 0.2) is 0 Å². The molecule has 2 saturated heterocycles. The molecule has 2 fully saturated rings. The number of hydrogen-bond acceptors (Lipinski definition) is 8. The highest BCUT2D eigenvalue weighted by Crippen LogP contribution is 2.38. The molecule has 0 aliphatic carbocycles. The van der Waals surface area contributed by atoms with Gasteiger partial charge in [-0.2, -0.15) is 0 Å². The van der Waals surface area contributed by atoms with E-state index in [-0.39, 0.29) is 37.0 Å². The van der Waals surface area contributed by atoms with Gasteiger partial charge in [0.2, 0.25) is 17.5 Å². The largest absolute Gasteiger partial charge is 0.391 e. The van der Waals surface area contributed by atoms with Crippen LogP contribution >= 0.6 is 0 Å². The molecule has 5 heterocycles. The Hall–Kier alpha value is -3.60. The van der Waals surface area contributed by atoms with Crippen molar-refractivity contribution in [2.75, 3.05) is 33.4 Å². The van der Waals surface area contributed by atoms with Crippen LogP contribution in [0.15, 0.2) is 42.9 Å². The first-order chi connectivity index (χ1) is 15.6. The quantitative estimate of drug-likeness (QED) is 0.552. The predicted molar refractivity (Wildman–Crippen MR) is 111 cm³/mol. The molecule has 0 radical (unpaired) electrons. The average Bonchev–Trinajstić information content (AvgIpc) is 3.38. The van der Waals surface area contributed by atoms with Crippen LogP contribution in [0.4, 0.5) is 0 Å². The SMILES string of the molecule is CN1C(=O)C[C@@H](C(=O)N2CCOC(COn3nnc4cccnc43)C2)[C@@H]1c1cccnc1. The minimum atomic E-state index is -0.458. The Balaban J connectivity index is 1.26. The third kappa shape index (κ3) is 3.75. The highest BCUT2D eigenvalue weighted by molar-refractivity contribution is 5.90. The van der Waals surface area contributed by atoms with E-state index in [9.17, 15) is 9.59 Å². The topological polar surface area (TPSA) is 116 Å². The molecular weight excluding hydrogens is 414 g/mol. The van der Waals surface area contributed by atoms with Gasteiger partial charge in [-0.05, 0) is 29.0 Å². The third-order valence-corrected chi connectivity index (χ3v) is 5.94. The van der Waals surface area contributed by atoms with Crippen molar-refractivity contribution in [3.8, 4) is 0 Å². The van der Waals surface area contributed by atoms with Gasteiger partial charge in [-0.15, -0.1) is 5.10 Å². The molecule has 2 aliphatic rings. The Morgan fingerprint density at radius 3 is 3.00 bits per heavy atom. The van der Waals surface area contributed by atoms with Gasteiger partial charge in [0.25, 0.3) is 0 Å². The highest BCUT2D eigenvalue weighted by Gasteiger charge is 2.45. The van der Waals surface area contributed by atoms with Crippen molar-refractivity contribution < 1.29 is 19.2 Å². The summed E-state index contributed by atoms with van der Waals surface area (Å²) in [6, 6.07) is 6.97. The number of amides is 2. The smallest absolute Gasteiger partial charge is 0.228 e. The summed E-state index contributed by atoms with van der Waals surface area (Å²) < 4.78 is 5.80. The van der Waals surface area contributed by atoms with Gasteiger partial charge < -0.3 is 19.4 Å². The van der Waals surface area contributed by atoms with Gasteiger partial charge in [-0.1, -0.05) is 10.9 Å². The van der Waals surface area contributed by atoms with E-state index in [1.807, 2.05) is 12.1 Å². The zero-order valence-electron chi connectivity index (χ0n) is 17.6. The Morgan fingerprint density at radius 2 is 2.16 bits per heavy atom.